The maximum absolute atomic E-state index is 12.3. The predicted molar refractivity (Wildman–Crippen MR) is 92.1 cm³/mol. The standard InChI is InChI=1S/C18H14O11/c19-6-1-10(23)17(28,11(24)2-6)14-8(21)5-9(22)15(16(14)27)18(29)12(25)3-7(20)4-13(18)26/h1-5,19-23,25,27-29H. The van der Waals surface area contributed by atoms with Crippen LogP contribution in [0.1, 0.15) is 11.1 Å². The second-order valence-corrected chi connectivity index (χ2v) is 6.36. The zero-order valence-corrected chi connectivity index (χ0v) is 14.2. The van der Waals surface area contributed by atoms with Crippen LogP contribution in [0.25, 0.3) is 0 Å². The second-order valence-electron chi connectivity index (χ2n) is 6.36. The molecule has 0 aromatic heterocycles. The van der Waals surface area contributed by atoms with Crippen LogP contribution in [0.2, 0.25) is 0 Å². The number of phenolic OH excluding ortho intramolecular Hbond substituents is 3. The summed E-state index contributed by atoms with van der Waals surface area (Å²) in [5.41, 5.74) is -8.65. The van der Waals surface area contributed by atoms with Crippen molar-refractivity contribution < 1.29 is 55.5 Å². The lowest BCUT2D eigenvalue weighted by Crippen LogP contribution is -2.41. The molecule has 2 unspecified atom stereocenters. The van der Waals surface area contributed by atoms with E-state index in [0.29, 0.717) is 30.4 Å². The van der Waals surface area contributed by atoms with Gasteiger partial charge in [0.05, 0.1) is 11.1 Å². The zero-order chi connectivity index (χ0) is 21.9. The Bertz CT molecular complexity index is 1010. The molecule has 11 nitrogen and oxygen atoms in total. The highest BCUT2D eigenvalue weighted by Gasteiger charge is 2.53. The minimum Gasteiger partial charge on any atom is -0.508 e. The van der Waals surface area contributed by atoms with Crippen LogP contribution in [-0.4, -0.2) is 57.5 Å². The molecular formula is C18H14O11. The molecule has 0 saturated heterocycles. The van der Waals surface area contributed by atoms with Crippen LogP contribution in [0, 0.1) is 0 Å². The Labute approximate surface area is 161 Å². The zero-order valence-electron chi connectivity index (χ0n) is 14.2. The summed E-state index contributed by atoms with van der Waals surface area (Å²) >= 11 is 0. The third-order valence-corrected chi connectivity index (χ3v) is 4.56. The third-order valence-electron chi connectivity index (χ3n) is 4.56. The molecule has 2 atom stereocenters. The minimum absolute atomic E-state index is 0.428. The lowest BCUT2D eigenvalue weighted by molar-refractivity contribution is -0.133. The summed E-state index contributed by atoms with van der Waals surface area (Å²) in [6.07, 6.45) is 1.99. The molecule has 0 bridgehead atoms. The number of hydrogen-bond acceptors (Lipinski definition) is 11. The highest BCUT2D eigenvalue weighted by Crippen LogP contribution is 2.52. The molecule has 2 aliphatic carbocycles. The Kier molecular flexibility index (Phi) is 4.11. The van der Waals surface area contributed by atoms with Crippen LogP contribution in [0.15, 0.2) is 53.4 Å². The number of carbonyl (C=O) groups is 2. The lowest BCUT2D eigenvalue weighted by Gasteiger charge is -2.33. The van der Waals surface area contributed by atoms with Crippen molar-refractivity contribution in [1.82, 2.24) is 0 Å². The van der Waals surface area contributed by atoms with Crippen molar-refractivity contribution in [3.05, 3.63) is 64.5 Å². The van der Waals surface area contributed by atoms with E-state index in [1.165, 1.54) is 0 Å². The summed E-state index contributed by atoms with van der Waals surface area (Å²) in [4.78, 5) is 24.5. The first kappa shape index (κ1) is 19.8. The molecule has 11 heteroatoms. The number of aliphatic hydroxyl groups is 6. The molecule has 0 spiro atoms. The van der Waals surface area contributed by atoms with Gasteiger partial charge in [0, 0.05) is 30.4 Å². The van der Waals surface area contributed by atoms with E-state index in [-0.39, 0.29) is 0 Å². The number of rotatable bonds is 2. The fraction of sp³-hybridized carbons (Fsp3) is 0.111. The molecule has 0 aliphatic heterocycles. The number of aliphatic hydroxyl groups excluding tert-OH is 4. The summed E-state index contributed by atoms with van der Waals surface area (Å²) in [5.74, 6) is -10.5. The van der Waals surface area contributed by atoms with Gasteiger partial charge >= 0.3 is 0 Å². The van der Waals surface area contributed by atoms with Gasteiger partial charge in [0.1, 0.15) is 40.3 Å². The largest absolute Gasteiger partial charge is 0.508 e. The summed E-state index contributed by atoms with van der Waals surface area (Å²) in [7, 11) is 0. The number of carbonyl (C=O) groups excluding carboxylic acids is 2. The van der Waals surface area contributed by atoms with Gasteiger partial charge in [0.2, 0.25) is 22.8 Å². The molecule has 152 valence electrons. The summed E-state index contributed by atoms with van der Waals surface area (Å²) in [6.45, 7) is 0. The maximum Gasteiger partial charge on any atom is 0.217 e. The lowest BCUT2D eigenvalue weighted by atomic mass is 9.77. The van der Waals surface area contributed by atoms with E-state index in [4.69, 9.17) is 0 Å². The Morgan fingerprint density at radius 1 is 0.586 bits per heavy atom. The van der Waals surface area contributed by atoms with E-state index in [9.17, 15) is 55.5 Å². The first-order chi connectivity index (χ1) is 13.3. The third kappa shape index (κ3) is 2.52. The summed E-state index contributed by atoms with van der Waals surface area (Å²) < 4.78 is 0. The van der Waals surface area contributed by atoms with E-state index in [0.717, 1.165) is 0 Å². The molecule has 0 saturated carbocycles. The molecule has 1 aromatic rings. The Morgan fingerprint density at radius 3 is 1.24 bits per heavy atom. The fourth-order valence-corrected chi connectivity index (χ4v) is 3.16. The molecule has 1 aromatic carbocycles. The molecule has 0 radical (unpaired) electrons. The van der Waals surface area contributed by atoms with Gasteiger partial charge in [-0.15, -0.1) is 0 Å². The van der Waals surface area contributed by atoms with Gasteiger partial charge in [0.15, 0.2) is 0 Å². The smallest absolute Gasteiger partial charge is 0.217 e. The van der Waals surface area contributed by atoms with Crippen LogP contribution in [0.5, 0.6) is 17.2 Å². The summed E-state index contributed by atoms with van der Waals surface area (Å²) in [5, 5.41) is 91.1. The van der Waals surface area contributed by atoms with Crippen molar-refractivity contribution in [1.29, 1.82) is 0 Å². The Balaban J connectivity index is 2.36. The van der Waals surface area contributed by atoms with Crippen molar-refractivity contribution in [3.63, 3.8) is 0 Å². The predicted octanol–water partition coefficient (Wildman–Crippen LogP) is 0.112. The highest BCUT2D eigenvalue weighted by molar-refractivity contribution is 6.05. The molecule has 0 amide bonds. The Hall–Kier alpha value is -3.96. The first-order valence-corrected chi connectivity index (χ1v) is 7.81. The van der Waals surface area contributed by atoms with E-state index in [2.05, 4.69) is 0 Å². The average molecular weight is 406 g/mol. The molecule has 2 aliphatic rings. The fourth-order valence-electron chi connectivity index (χ4n) is 3.16. The SMILES string of the molecule is O=C1C=C(O)C=C(O)C1(O)c1c(O)cc(O)c(C2(O)C(=O)C=C(O)C=C2O)c1O. The molecule has 29 heavy (non-hydrogen) atoms. The highest BCUT2D eigenvalue weighted by atomic mass is 16.4. The van der Waals surface area contributed by atoms with Gasteiger partial charge in [0.25, 0.3) is 0 Å². The molecule has 0 heterocycles. The van der Waals surface area contributed by atoms with E-state index in [1.54, 1.807) is 0 Å². The van der Waals surface area contributed by atoms with Crippen LogP contribution >= 0.6 is 0 Å². The maximum atomic E-state index is 12.3. The number of phenols is 3. The van der Waals surface area contributed by atoms with E-state index in [1.807, 2.05) is 0 Å². The number of aromatic hydroxyl groups is 3. The normalized spacial score (nSPS) is 27.1. The van der Waals surface area contributed by atoms with Crippen molar-refractivity contribution in [2.45, 2.75) is 11.2 Å². The number of ketones is 2. The number of allylic oxidation sites excluding steroid dienone is 2. The van der Waals surface area contributed by atoms with Crippen molar-refractivity contribution in [2.75, 3.05) is 0 Å². The van der Waals surface area contributed by atoms with Crippen LogP contribution in [0.3, 0.4) is 0 Å². The number of benzene rings is 1. The average Bonchev–Trinajstić information content (AvgIpc) is 2.57. The molecular weight excluding hydrogens is 392 g/mol. The van der Waals surface area contributed by atoms with Gasteiger partial charge in [-0.25, -0.2) is 0 Å². The second kappa shape index (κ2) is 6.02. The molecule has 0 fully saturated rings. The number of hydrogen-bond donors (Lipinski definition) is 9. The quantitative estimate of drug-likeness (QED) is 0.321. The van der Waals surface area contributed by atoms with Crippen LogP contribution in [0.4, 0.5) is 0 Å². The topological polar surface area (TPSA) is 216 Å². The van der Waals surface area contributed by atoms with Crippen LogP contribution in [-0.2, 0) is 20.8 Å². The van der Waals surface area contributed by atoms with Crippen molar-refractivity contribution in [2.24, 2.45) is 0 Å². The Morgan fingerprint density at radius 2 is 0.931 bits per heavy atom. The monoisotopic (exact) mass is 406 g/mol. The van der Waals surface area contributed by atoms with Gasteiger partial charge in [-0.3, -0.25) is 9.59 Å². The van der Waals surface area contributed by atoms with Crippen molar-refractivity contribution >= 4 is 11.6 Å². The summed E-state index contributed by atoms with van der Waals surface area (Å²) in [6, 6.07) is 0.428. The van der Waals surface area contributed by atoms with Gasteiger partial charge in [-0.05, 0) is 0 Å². The van der Waals surface area contributed by atoms with Gasteiger partial charge in [-0.2, -0.15) is 0 Å². The van der Waals surface area contributed by atoms with Gasteiger partial charge < -0.3 is 46.0 Å². The van der Waals surface area contributed by atoms with E-state index >= 15 is 0 Å². The van der Waals surface area contributed by atoms with E-state index < -0.39 is 74.2 Å². The molecule has 3 rings (SSSR count). The van der Waals surface area contributed by atoms with Crippen LogP contribution < -0.4 is 0 Å². The van der Waals surface area contributed by atoms with Crippen molar-refractivity contribution in [3.8, 4) is 17.2 Å². The minimum atomic E-state index is -3.17. The van der Waals surface area contributed by atoms with Gasteiger partial charge in [-0.1, -0.05) is 0 Å². The molecule has 9 N–H and O–H groups in total. The first-order valence-electron chi connectivity index (χ1n) is 7.81.